The minimum atomic E-state index is -4.39. The Hall–Kier alpha value is -3.13. The van der Waals surface area contributed by atoms with Crippen LogP contribution in [-0.2, 0) is 24.1 Å². The number of halogens is 3. The summed E-state index contributed by atoms with van der Waals surface area (Å²) in [4.78, 5) is 18.4. The van der Waals surface area contributed by atoms with Gasteiger partial charge in [0.05, 0.1) is 11.3 Å². The number of aromatic nitrogens is 1. The average molecular weight is 443 g/mol. The number of carbonyl (C=O) groups excluding carboxylic acids is 1. The first-order valence-electron chi connectivity index (χ1n) is 10.5. The van der Waals surface area contributed by atoms with Gasteiger partial charge < -0.3 is 9.73 Å². The topological polar surface area (TPSA) is 58.4 Å². The van der Waals surface area contributed by atoms with E-state index in [2.05, 4.69) is 15.2 Å². The lowest BCUT2D eigenvalue weighted by Crippen LogP contribution is -2.38. The number of nitrogens with one attached hydrogen (secondary N) is 1. The van der Waals surface area contributed by atoms with E-state index in [1.54, 1.807) is 6.92 Å². The van der Waals surface area contributed by atoms with Crippen LogP contribution >= 0.6 is 0 Å². The largest absolute Gasteiger partial charge is 0.441 e. The van der Waals surface area contributed by atoms with Gasteiger partial charge in [0.1, 0.15) is 5.76 Å². The highest BCUT2D eigenvalue weighted by Gasteiger charge is 2.30. The van der Waals surface area contributed by atoms with Crippen LogP contribution in [0, 0.1) is 6.92 Å². The number of rotatable bonds is 7. The third kappa shape index (κ3) is 5.37. The van der Waals surface area contributed by atoms with Crippen molar-refractivity contribution in [2.45, 2.75) is 45.1 Å². The molecule has 2 heterocycles. The number of carbonyl (C=O) groups is 1. The van der Waals surface area contributed by atoms with E-state index < -0.39 is 11.7 Å². The van der Waals surface area contributed by atoms with Gasteiger partial charge in [0.15, 0.2) is 0 Å². The summed E-state index contributed by atoms with van der Waals surface area (Å²) in [5.41, 5.74) is 1.64. The molecule has 1 aromatic heterocycles. The number of benzene rings is 2. The lowest BCUT2D eigenvalue weighted by atomic mass is 10.1. The van der Waals surface area contributed by atoms with E-state index in [-0.39, 0.29) is 11.9 Å². The maximum absolute atomic E-state index is 12.8. The van der Waals surface area contributed by atoms with Crippen molar-refractivity contribution in [2.24, 2.45) is 0 Å². The van der Waals surface area contributed by atoms with Crippen LogP contribution < -0.4 is 5.32 Å². The van der Waals surface area contributed by atoms with Crippen molar-refractivity contribution >= 4 is 5.91 Å². The first-order chi connectivity index (χ1) is 15.3. The summed E-state index contributed by atoms with van der Waals surface area (Å²) >= 11 is 0. The lowest BCUT2D eigenvalue weighted by molar-refractivity contribution is -0.137. The first-order valence-corrected chi connectivity index (χ1v) is 10.5. The van der Waals surface area contributed by atoms with E-state index in [0.717, 1.165) is 29.8 Å². The van der Waals surface area contributed by atoms with E-state index in [1.165, 1.54) is 12.1 Å². The van der Waals surface area contributed by atoms with Gasteiger partial charge in [0.25, 0.3) is 0 Å². The molecule has 8 heteroatoms. The SMILES string of the molecule is Cc1oc(-c2ccc(C(F)(F)F)cc2)nc1CN(Cc1ccccc1)C[C@@H]1CCC(=O)N1. The maximum Gasteiger partial charge on any atom is 0.416 e. The number of amides is 1. The zero-order valence-corrected chi connectivity index (χ0v) is 17.7. The van der Waals surface area contributed by atoms with Crippen molar-refractivity contribution in [3.8, 4) is 11.5 Å². The van der Waals surface area contributed by atoms with Crippen LogP contribution in [0.25, 0.3) is 11.5 Å². The molecular weight excluding hydrogens is 419 g/mol. The van der Waals surface area contributed by atoms with Crippen molar-refractivity contribution < 1.29 is 22.4 Å². The van der Waals surface area contributed by atoms with Crippen molar-refractivity contribution in [3.63, 3.8) is 0 Å². The molecule has 1 N–H and O–H groups in total. The van der Waals surface area contributed by atoms with Crippen molar-refractivity contribution in [3.05, 3.63) is 77.2 Å². The summed E-state index contributed by atoms with van der Waals surface area (Å²) in [6, 6.07) is 14.9. The molecule has 5 nitrogen and oxygen atoms in total. The fraction of sp³-hybridized carbons (Fsp3) is 0.333. The molecule has 1 amide bonds. The summed E-state index contributed by atoms with van der Waals surface area (Å²) in [5.74, 6) is 0.977. The summed E-state index contributed by atoms with van der Waals surface area (Å²) in [7, 11) is 0. The summed E-state index contributed by atoms with van der Waals surface area (Å²) in [6.45, 7) is 3.64. The van der Waals surface area contributed by atoms with Crippen LogP contribution in [-0.4, -0.2) is 28.4 Å². The molecule has 3 aromatic rings. The molecule has 1 aliphatic heterocycles. The van der Waals surface area contributed by atoms with Gasteiger partial charge in [-0.1, -0.05) is 30.3 Å². The normalized spacial score (nSPS) is 16.5. The molecule has 0 saturated carbocycles. The third-order valence-corrected chi connectivity index (χ3v) is 5.54. The smallest absolute Gasteiger partial charge is 0.416 e. The molecule has 1 fully saturated rings. The lowest BCUT2D eigenvalue weighted by Gasteiger charge is -2.25. The highest BCUT2D eigenvalue weighted by molar-refractivity contribution is 5.78. The molecule has 2 aromatic carbocycles. The van der Waals surface area contributed by atoms with Gasteiger partial charge in [-0.3, -0.25) is 9.69 Å². The Bertz CT molecular complexity index is 1060. The fourth-order valence-corrected chi connectivity index (χ4v) is 3.86. The summed E-state index contributed by atoms with van der Waals surface area (Å²) in [6.07, 6.45) is -3.06. The van der Waals surface area contributed by atoms with Crippen molar-refractivity contribution in [1.29, 1.82) is 0 Å². The van der Waals surface area contributed by atoms with Crippen LogP contribution in [0.1, 0.15) is 35.4 Å². The number of alkyl halides is 3. The Morgan fingerprint density at radius 1 is 1.09 bits per heavy atom. The second-order valence-electron chi connectivity index (χ2n) is 8.06. The van der Waals surface area contributed by atoms with E-state index >= 15 is 0 Å². The molecule has 0 radical (unpaired) electrons. The van der Waals surface area contributed by atoms with Crippen LogP contribution in [0.4, 0.5) is 13.2 Å². The summed E-state index contributed by atoms with van der Waals surface area (Å²) < 4.78 is 44.3. The molecule has 1 saturated heterocycles. The molecule has 4 rings (SSSR count). The van der Waals surface area contributed by atoms with E-state index in [0.29, 0.717) is 43.3 Å². The molecule has 0 aliphatic carbocycles. The van der Waals surface area contributed by atoms with Gasteiger partial charge in [0, 0.05) is 37.7 Å². The van der Waals surface area contributed by atoms with Gasteiger partial charge in [-0.2, -0.15) is 13.2 Å². The minimum Gasteiger partial charge on any atom is -0.441 e. The number of hydrogen-bond acceptors (Lipinski definition) is 4. The monoisotopic (exact) mass is 443 g/mol. The minimum absolute atomic E-state index is 0.0665. The predicted molar refractivity (Wildman–Crippen MR) is 113 cm³/mol. The average Bonchev–Trinajstić information content (AvgIpc) is 3.33. The Morgan fingerprint density at radius 3 is 2.44 bits per heavy atom. The Morgan fingerprint density at radius 2 is 1.81 bits per heavy atom. The van der Waals surface area contributed by atoms with Crippen LogP contribution in [0.5, 0.6) is 0 Å². The van der Waals surface area contributed by atoms with Crippen LogP contribution in [0.15, 0.2) is 59.0 Å². The maximum atomic E-state index is 12.8. The van der Waals surface area contributed by atoms with Gasteiger partial charge >= 0.3 is 6.18 Å². The molecule has 1 atom stereocenters. The quantitative estimate of drug-likeness (QED) is 0.561. The Balaban J connectivity index is 1.52. The molecule has 0 bridgehead atoms. The van der Waals surface area contributed by atoms with E-state index in [1.807, 2.05) is 30.3 Å². The van der Waals surface area contributed by atoms with Gasteiger partial charge in [-0.25, -0.2) is 4.98 Å². The zero-order chi connectivity index (χ0) is 22.7. The molecule has 1 aliphatic rings. The highest BCUT2D eigenvalue weighted by atomic mass is 19.4. The van der Waals surface area contributed by atoms with Crippen molar-refractivity contribution in [2.75, 3.05) is 6.54 Å². The van der Waals surface area contributed by atoms with Crippen LogP contribution in [0.2, 0.25) is 0 Å². The number of oxazole rings is 1. The molecule has 0 unspecified atom stereocenters. The van der Waals surface area contributed by atoms with Gasteiger partial charge in [-0.05, 0) is 43.2 Å². The van der Waals surface area contributed by atoms with Crippen LogP contribution in [0.3, 0.4) is 0 Å². The molecule has 168 valence electrons. The number of aryl methyl sites for hydroxylation is 1. The van der Waals surface area contributed by atoms with E-state index in [4.69, 9.17) is 4.42 Å². The third-order valence-electron chi connectivity index (χ3n) is 5.54. The standard InChI is InChI=1S/C24H24F3N3O2/c1-16-21(29-23(32-16)18-7-9-19(10-8-18)24(25,26)27)15-30(13-17-5-3-2-4-6-17)14-20-11-12-22(31)28-20/h2-10,20H,11-15H2,1H3,(H,28,31)/t20-/m0/s1. The fourth-order valence-electron chi connectivity index (χ4n) is 3.86. The second-order valence-corrected chi connectivity index (χ2v) is 8.06. The predicted octanol–water partition coefficient (Wildman–Crippen LogP) is 4.95. The van der Waals surface area contributed by atoms with E-state index in [9.17, 15) is 18.0 Å². The Kier molecular flexibility index (Phi) is 6.32. The summed E-state index contributed by atoms with van der Waals surface area (Å²) in [5, 5.41) is 3.00. The second kappa shape index (κ2) is 9.16. The van der Waals surface area contributed by atoms with Gasteiger partial charge in [-0.15, -0.1) is 0 Å². The zero-order valence-electron chi connectivity index (χ0n) is 17.7. The molecular formula is C24H24F3N3O2. The first kappa shape index (κ1) is 22.1. The molecule has 0 spiro atoms. The van der Waals surface area contributed by atoms with Gasteiger partial charge in [0.2, 0.25) is 11.8 Å². The van der Waals surface area contributed by atoms with Crippen molar-refractivity contribution in [1.82, 2.24) is 15.2 Å². The number of hydrogen-bond donors (Lipinski definition) is 1. The highest BCUT2D eigenvalue weighted by Crippen LogP contribution is 2.31. The number of nitrogens with zero attached hydrogens (tertiary/aromatic N) is 2. The molecule has 32 heavy (non-hydrogen) atoms. The Labute approximate surface area is 184 Å².